The number of rotatable bonds is 2. The van der Waals surface area contributed by atoms with Crippen molar-refractivity contribution in [2.75, 3.05) is 6.54 Å². The first kappa shape index (κ1) is 16.1. The van der Waals surface area contributed by atoms with Crippen LogP contribution in [0.4, 0.5) is 0 Å². The fourth-order valence-corrected chi connectivity index (χ4v) is 7.35. The van der Waals surface area contributed by atoms with Crippen LogP contribution < -0.4 is 0 Å². The average molecular weight is 364 g/mol. The van der Waals surface area contributed by atoms with Crippen LogP contribution in [-0.4, -0.2) is 39.7 Å². The molecule has 4 aliphatic rings. The molecule has 3 aliphatic carbocycles. The van der Waals surface area contributed by atoms with E-state index in [1.807, 2.05) is 11.8 Å². The van der Waals surface area contributed by atoms with Crippen LogP contribution in [0, 0.1) is 34.5 Å². The van der Waals surface area contributed by atoms with Gasteiger partial charge in [-0.15, -0.1) is 0 Å². The Balaban J connectivity index is 1.79. The quantitative estimate of drug-likeness (QED) is 0.791. The summed E-state index contributed by atoms with van der Waals surface area (Å²) in [7, 11) is 0. The van der Waals surface area contributed by atoms with E-state index in [4.69, 9.17) is 2.74 Å². The fourth-order valence-electron chi connectivity index (χ4n) is 7.35. The molecule has 26 heavy (non-hydrogen) atoms. The summed E-state index contributed by atoms with van der Waals surface area (Å²) in [4.78, 5) is 14.3. The van der Waals surface area contributed by atoms with Crippen molar-refractivity contribution in [1.82, 2.24) is 4.90 Å². The van der Waals surface area contributed by atoms with Crippen LogP contribution in [-0.2, 0) is 4.79 Å². The Kier molecular flexibility index (Phi) is 3.76. The van der Waals surface area contributed by atoms with Crippen molar-refractivity contribution < 1.29 is 17.7 Å². The molecule has 2 N–H and O–H groups in total. The van der Waals surface area contributed by atoms with Gasteiger partial charge in [-0.1, -0.05) is 19.9 Å². The molecule has 8 atom stereocenters. The maximum absolute atomic E-state index is 12.5. The maximum atomic E-state index is 12.5. The van der Waals surface area contributed by atoms with Gasteiger partial charge in [0.05, 0.1) is 14.9 Å². The normalized spacial score (nSPS) is 54.3. The van der Waals surface area contributed by atoms with Gasteiger partial charge in [-0.2, -0.15) is 0 Å². The third-order valence-corrected chi connectivity index (χ3v) is 8.40. The molecule has 0 spiro atoms. The summed E-state index contributed by atoms with van der Waals surface area (Å²) in [6, 6.07) is 0. The smallest absolute Gasteiger partial charge is 0.226 e. The number of hydrogen-bond acceptors (Lipinski definition) is 3. The number of carbonyl (C=O) groups is 1. The molecule has 2 saturated carbocycles. The molecule has 4 nitrogen and oxygen atoms in total. The van der Waals surface area contributed by atoms with Crippen molar-refractivity contribution in [2.45, 2.75) is 78.4 Å². The second-order valence-corrected chi connectivity index (χ2v) is 9.57. The highest BCUT2D eigenvalue weighted by atomic mass is 16.3. The van der Waals surface area contributed by atoms with Crippen LogP contribution in [0.25, 0.3) is 0 Å². The van der Waals surface area contributed by atoms with Gasteiger partial charge in [0, 0.05) is 24.1 Å². The molecule has 4 rings (SSSR count). The van der Waals surface area contributed by atoms with Crippen molar-refractivity contribution in [3.05, 3.63) is 11.8 Å². The number of piperidine rings is 1. The molecule has 1 heterocycles. The van der Waals surface area contributed by atoms with Gasteiger partial charge in [-0.3, -0.25) is 4.79 Å². The molecule has 146 valence electrons. The Morgan fingerprint density at radius 1 is 1.46 bits per heavy atom. The van der Waals surface area contributed by atoms with Gasteiger partial charge in [0.2, 0.25) is 5.91 Å². The zero-order valence-electron chi connectivity index (χ0n) is 18.6. The van der Waals surface area contributed by atoms with Gasteiger partial charge in [0.15, 0.2) is 0 Å². The summed E-state index contributed by atoms with van der Waals surface area (Å²) in [5.41, 5.74) is 0.204. The number of fused-ring (bicyclic) bond motifs is 5. The Bertz CT molecular complexity index is 715. The van der Waals surface area contributed by atoms with Crippen LogP contribution in [0.1, 0.15) is 69.0 Å². The molecule has 0 aromatic carbocycles. The summed E-state index contributed by atoms with van der Waals surface area (Å²) >= 11 is 0. The minimum Gasteiger partial charge on any atom is -0.393 e. The number of aliphatic hydroxyl groups is 2. The first-order chi connectivity index (χ1) is 12.9. The third-order valence-electron chi connectivity index (χ3n) is 8.40. The largest absolute Gasteiger partial charge is 0.393 e. The highest BCUT2D eigenvalue weighted by Gasteiger charge is 2.62. The minimum absolute atomic E-state index is 0.144. The zero-order chi connectivity index (χ0) is 20.7. The predicted octanol–water partition coefficient (Wildman–Crippen LogP) is 3.33. The van der Waals surface area contributed by atoms with Crippen LogP contribution >= 0.6 is 0 Å². The highest BCUT2D eigenvalue weighted by Crippen LogP contribution is 2.66. The molecular weight excluding hydrogens is 326 g/mol. The lowest BCUT2D eigenvalue weighted by molar-refractivity contribution is -0.151. The van der Waals surface area contributed by atoms with Crippen molar-refractivity contribution in [1.29, 1.82) is 0 Å². The Morgan fingerprint density at radius 3 is 2.85 bits per heavy atom. The zero-order valence-corrected chi connectivity index (χ0v) is 16.6. The lowest BCUT2D eigenvalue weighted by Crippen LogP contribution is -2.59. The van der Waals surface area contributed by atoms with E-state index in [0.29, 0.717) is 19.4 Å². The first-order valence-electron chi connectivity index (χ1n) is 11.3. The molecule has 1 saturated heterocycles. The van der Waals surface area contributed by atoms with E-state index >= 15 is 0 Å². The molecule has 0 bridgehead atoms. The van der Waals surface area contributed by atoms with Gasteiger partial charge in [-0.25, -0.2) is 0 Å². The molecule has 1 amide bonds. The molecule has 0 radical (unpaired) electrons. The fraction of sp³-hybridized carbons (Fsp3) is 0.864. The van der Waals surface area contributed by atoms with Gasteiger partial charge in [0.25, 0.3) is 0 Å². The van der Waals surface area contributed by atoms with E-state index in [2.05, 4.69) is 19.9 Å². The first-order valence-corrected chi connectivity index (χ1v) is 10.3. The van der Waals surface area contributed by atoms with Crippen molar-refractivity contribution >= 4 is 5.91 Å². The molecule has 0 aromatic heterocycles. The molecule has 4 heteroatoms. The number of hydrogen-bond donors (Lipinski definition) is 2. The highest BCUT2D eigenvalue weighted by molar-refractivity contribution is 5.80. The van der Waals surface area contributed by atoms with E-state index in [1.54, 1.807) is 6.92 Å². The molecule has 4 unspecified atom stereocenters. The second kappa shape index (κ2) is 6.07. The second-order valence-electron chi connectivity index (χ2n) is 9.57. The van der Waals surface area contributed by atoms with Gasteiger partial charge in [-0.05, 0) is 75.0 Å². The Hall–Kier alpha value is -0.870. The van der Waals surface area contributed by atoms with Crippen LogP contribution in [0.3, 0.4) is 0 Å². The summed E-state index contributed by atoms with van der Waals surface area (Å²) in [6.45, 7) is 8.38. The number of amides is 1. The van der Waals surface area contributed by atoms with Crippen molar-refractivity contribution in [3.63, 3.8) is 0 Å². The van der Waals surface area contributed by atoms with E-state index in [-0.39, 0.29) is 41.4 Å². The number of nitrogens with zero attached hydrogens (tertiary/aromatic N) is 1. The number of likely N-dealkylation sites (tertiary alicyclic amines) is 1. The van der Waals surface area contributed by atoms with Gasteiger partial charge < -0.3 is 15.1 Å². The van der Waals surface area contributed by atoms with Crippen LogP contribution in [0.2, 0.25) is 0 Å². The summed E-state index contributed by atoms with van der Waals surface area (Å²) in [6.07, 6.45) is 2.90. The van der Waals surface area contributed by atoms with Gasteiger partial charge >= 0.3 is 0 Å². The summed E-state index contributed by atoms with van der Waals surface area (Å²) in [5.74, 6) is 0.113. The lowest BCUT2D eigenvalue weighted by atomic mass is 9.47. The number of carbonyl (C=O) groups excluding carboxylic acids is 1. The van der Waals surface area contributed by atoms with E-state index in [0.717, 1.165) is 25.0 Å². The van der Waals surface area contributed by atoms with Gasteiger partial charge in [0.1, 0.15) is 0 Å². The Morgan fingerprint density at radius 2 is 2.19 bits per heavy atom. The SMILES string of the molecule is [2H]C(C)(O)[C@H]1CCC2C3CC=C4N(CC)C(=O)CC[C@]4(C)C3[C@@]([2H])(O)C[C@@]21C. The topological polar surface area (TPSA) is 60.8 Å². The van der Waals surface area contributed by atoms with E-state index in [1.165, 1.54) is 0 Å². The van der Waals surface area contributed by atoms with E-state index < -0.39 is 17.6 Å². The lowest BCUT2D eigenvalue weighted by Gasteiger charge is -2.60. The van der Waals surface area contributed by atoms with Crippen molar-refractivity contribution in [3.8, 4) is 0 Å². The van der Waals surface area contributed by atoms with Crippen LogP contribution in [0.5, 0.6) is 0 Å². The standard InChI is InChI=1S/C22H35NO3/c1-5-23-18-9-6-14-16-8-7-15(13(2)24)22(16,4)12-17(25)20(14)21(18,3)11-10-19(23)26/h9,13-17,20,24-25H,5-8,10-12H2,1-4H3/t13?,14?,15-,16?,17+,20?,21+,22-/m1/s1/i13D,17D. The molecular formula is C22H35NO3. The Labute approximate surface area is 160 Å². The molecule has 1 aliphatic heterocycles. The molecule has 3 fully saturated rings. The maximum Gasteiger partial charge on any atom is 0.226 e. The summed E-state index contributed by atoms with van der Waals surface area (Å²) in [5, 5.41) is 22.0. The number of allylic oxidation sites excluding steroid dienone is 2. The third kappa shape index (κ3) is 2.30. The summed E-state index contributed by atoms with van der Waals surface area (Å²) < 4.78 is 17.3. The monoisotopic (exact) mass is 363 g/mol. The minimum atomic E-state index is -1.63. The predicted molar refractivity (Wildman–Crippen MR) is 101 cm³/mol. The van der Waals surface area contributed by atoms with Crippen molar-refractivity contribution in [2.24, 2.45) is 34.5 Å². The van der Waals surface area contributed by atoms with E-state index in [9.17, 15) is 15.0 Å². The average Bonchev–Trinajstić information content (AvgIpc) is 2.90. The molecule has 0 aromatic rings. The van der Waals surface area contributed by atoms with Crippen LogP contribution in [0.15, 0.2) is 11.8 Å².